The summed E-state index contributed by atoms with van der Waals surface area (Å²) in [5, 5.41) is 2.88. The SMILES string of the molecule is CNC(COC1CCCC1)C(=O)OC. The van der Waals surface area contributed by atoms with Crippen LogP contribution in [0.5, 0.6) is 0 Å². The average molecular weight is 201 g/mol. The van der Waals surface area contributed by atoms with Crippen LogP contribution in [0.2, 0.25) is 0 Å². The molecule has 4 nitrogen and oxygen atoms in total. The first kappa shape index (κ1) is 11.5. The van der Waals surface area contributed by atoms with Gasteiger partial charge in [-0.05, 0) is 19.9 Å². The molecule has 1 saturated carbocycles. The number of rotatable bonds is 5. The molecule has 1 aliphatic carbocycles. The van der Waals surface area contributed by atoms with Gasteiger partial charge in [-0.25, -0.2) is 0 Å². The molecule has 0 bridgehead atoms. The van der Waals surface area contributed by atoms with Crippen molar-refractivity contribution in [3.8, 4) is 0 Å². The predicted molar refractivity (Wildman–Crippen MR) is 53.1 cm³/mol. The van der Waals surface area contributed by atoms with Crippen molar-refractivity contribution in [1.29, 1.82) is 0 Å². The molecule has 1 unspecified atom stereocenters. The van der Waals surface area contributed by atoms with Gasteiger partial charge in [-0.15, -0.1) is 0 Å². The van der Waals surface area contributed by atoms with E-state index in [1.807, 2.05) is 0 Å². The van der Waals surface area contributed by atoms with E-state index in [2.05, 4.69) is 10.1 Å². The van der Waals surface area contributed by atoms with E-state index in [0.29, 0.717) is 12.7 Å². The van der Waals surface area contributed by atoms with Crippen LogP contribution >= 0.6 is 0 Å². The lowest BCUT2D eigenvalue weighted by molar-refractivity contribution is -0.145. The monoisotopic (exact) mass is 201 g/mol. The fourth-order valence-corrected chi connectivity index (χ4v) is 1.70. The van der Waals surface area contributed by atoms with E-state index in [9.17, 15) is 4.79 Å². The van der Waals surface area contributed by atoms with Crippen molar-refractivity contribution in [3.63, 3.8) is 0 Å². The molecule has 0 aliphatic heterocycles. The first-order valence-electron chi connectivity index (χ1n) is 5.14. The Kier molecular flexibility index (Phi) is 4.90. The summed E-state index contributed by atoms with van der Waals surface area (Å²) in [6.07, 6.45) is 5.07. The maximum Gasteiger partial charge on any atom is 0.325 e. The molecule has 0 spiro atoms. The van der Waals surface area contributed by atoms with Gasteiger partial charge in [0.15, 0.2) is 0 Å². The standard InChI is InChI=1S/C10H19NO3/c1-11-9(10(12)13-2)7-14-8-5-3-4-6-8/h8-9,11H,3-7H2,1-2H3. The molecule has 0 amide bonds. The average Bonchev–Trinajstić information content (AvgIpc) is 2.71. The normalized spacial score (nSPS) is 19.6. The van der Waals surface area contributed by atoms with Crippen LogP contribution in [-0.2, 0) is 14.3 Å². The van der Waals surface area contributed by atoms with Gasteiger partial charge < -0.3 is 14.8 Å². The molecule has 1 rings (SSSR count). The van der Waals surface area contributed by atoms with Gasteiger partial charge in [0.2, 0.25) is 0 Å². The highest BCUT2D eigenvalue weighted by atomic mass is 16.5. The smallest absolute Gasteiger partial charge is 0.325 e. The third-order valence-corrected chi connectivity index (χ3v) is 2.63. The highest BCUT2D eigenvalue weighted by Gasteiger charge is 2.21. The summed E-state index contributed by atoms with van der Waals surface area (Å²) in [6.45, 7) is 0.411. The zero-order chi connectivity index (χ0) is 10.4. The number of carbonyl (C=O) groups excluding carboxylic acids is 1. The summed E-state index contributed by atoms with van der Waals surface area (Å²) in [4.78, 5) is 11.2. The quantitative estimate of drug-likeness (QED) is 0.665. The second kappa shape index (κ2) is 5.98. The number of methoxy groups -OCH3 is 1. The highest BCUT2D eigenvalue weighted by Crippen LogP contribution is 2.20. The number of nitrogens with one attached hydrogen (secondary N) is 1. The Morgan fingerprint density at radius 1 is 1.50 bits per heavy atom. The number of hydrogen-bond acceptors (Lipinski definition) is 4. The summed E-state index contributed by atoms with van der Waals surface area (Å²) in [7, 11) is 3.13. The van der Waals surface area contributed by atoms with E-state index in [0.717, 1.165) is 12.8 Å². The molecule has 0 aromatic rings. The van der Waals surface area contributed by atoms with Crippen LogP contribution in [0, 0.1) is 0 Å². The van der Waals surface area contributed by atoms with E-state index in [1.54, 1.807) is 7.05 Å². The molecular weight excluding hydrogens is 182 g/mol. The molecule has 0 aromatic heterocycles. The van der Waals surface area contributed by atoms with Crippen molar-refractivity contribution >= 4 is 5.97 Å². The fraction of sp³-hybridized carbons (Fsp3) is 0.900. The summed E-state index contributed by atoms with van der Waals surface area (Å²) < 4.78 is 10.3. The van der Waals surface area contributed by atoms with Crippen LogP contribution in [0.25, 0.3) is 0 Å². The van der Waals surface area contributed by atoms with Gasteiger partial charge >= 0.3 is 5.97 Å². The molecule has 0 heterocycles. The summed E-state index contributed by atoms with van der Waals surface area (Å²) >= 11 is 0. The van der Waals surface area contributed by atoms with Crippen molar-refractivity contribution < 1.29 is 14.3 Å². The molecule has 82 valence electrons. The van der Waals surface area contributed by atoms with Crippen LogP contribution < -0.4 is 5.32 Å². The van der Waals surface area contributed by atoms with Crippen LogP contribution in [-0.4, -0.2) is 38.9 Å². The lowest BCUT2D eigenvalue weighted by Gasteiger charge is -2.17. The van der Waals surface area contributed by atoms with Gasteiger partial charge in [0, 0.05) is 0 Å². The van der Waals surface area contributed by atoms with Crippen molar-refractivity contribution in [2.24, 2.45) is 0 Å². The Morgan fingerprint density at radius 2 is 2.14 bits per heavy atom. The van der Waals surface area contributed by atoms with E-state index in [-0.39, 0.29) is 12.0 Å². The minimum absolute atomic E-state index is 0.259. The van der Waals surface area contributed by atoms with Crippen LogP contribution in [0.15, 0.2) is 0 Å². The van der Waals surface area contributed by atoms with E-state index in [4.69, 9.17) is 4.74 Å². The largest absolute Gasteiger partial charge is 0.468 e. The molecule has 0 saturated heterocycles. The molecule has 0 aromatic carbocycles. The van der Waals surface area contributed by atoms with Crippen LogP contribution in [0.3, 0.4) is 0 Å². The van der Waals surface area contributed by atoms with Gasteiger partial charge in [0.1, 0.15) is 6.04 Å². The van der Waals surface area contributed by atoms with Gasteiger partial charge in [0.05, 0.1) is 19.8 Å². The van der Waals surface area contributed by atoms with Crippen LogP contribution in [0.4, 0.5) is 0 Å². The summed E-state index contributed by atoms with van der Waals surface area (Å²) in [5.41, 5.74) is 0. The molecule has 4 heteroatoms. The molecule has 1 aliphatic rings. The predicted octanol–water partition coefficient (Wildman–Crippen LogP) is 0.707. The first-order valence-corrected chi connectivity index (χ1v) is 5.14. The second-order valence-corrected chi connectivity index (χ2v) is 3.60. The molecular formula is C10H19NO3. The van der Waals surface area contributed by atoms with E-state index >= 15 is 0 Å². The fourth-order valence-electron chi connectivity index (χ4n) is 1.70. The Hall–Kier alpha value is -0.610. The van der Waals surface area contributed by atoms with E-state index < -0.39 is 0 Å². The second-order valence-electron chi connectivity index (χ2n) is 3.60. The van der Waals surface area contributed by atoms with Crippen molar-refractivity contribution in [1.82, 2.24) is 5.32 Å². The number of ether oxygens (including phenoxy) is 2. The zero-order valence-corrected chi connectivity index (χ0v) is 8.91. The molecule has 0 radical (unpaired) electrons. The van der Waals surface area contributed by atoms with E-state index in [1.165, 1.54) is 20.0 Å². The third-order valence-electron chi connectivity index (χ3n) is 2.63. The van der Waals surface area contributed by atoms with Crippen molar-refractivity contribution in [2.75, 3.05) is 20.8 Å². The maximum absolute atomic E-state index is 11.2. The lowest BCUT2D eigenvalue weighted by Crippen LogP contribution is -2.40. The minimum Gasteiger partial charge on any atom is -0.468 e. The Bertz CT molecular complexity index is 178. The van der Waals surface area contributed by atoms with Crippen LogP contribution in [0.1, 0.15) is 25.7 Å². The highest BCUT2D eigenvalue weighted by molar-refractivity contribution is 5.75. The third kappa shape index (κ3) is 3.27. The van der Waals surface area contributed by atoms with Gasteiger partial charge in [-0.3, -0.25) is 4.79 Å². The number of hydrogen-bond donors (Lipinski definition) is 1. The molecule has 1 fully saturated rings. The van der Waals surface area contributed by atoms with Gasteiger partial charge in [0.25, 0.3) is 0 Å². The van der Waals surface area contributed by atoms with Gasteiger partial charge in [-0.1, -0.05) is 12.8 Å². The molecule has 14 heavy (non-hydrogen) atoms. The minimum atomic E-state index is -0.333. The Labute approximate surface area is 85.0 Å². The summed E-state index contributed by atoms with van der Waals surface area (Å²) in [5.74, 6) is -0.259. The van der Waals surface area contributed by atoms with Crippen molar-refractivity contribution in [2.45, 2.75) is 37.8 Å². The number of likely N-dealkylation sites (N-methyl/N-ethyl adjacent to an activating group) is 1. The summed E-state index contributed by atoms with van der Waals surface area (Å²) in [6, 6.07) is -0.333. The molecule has 1 atom stereocenters. The van der Waals surface area contributed by atoms with Gasteiger partial charge in [-0.2, -0.15) is 0 Å². The lowest BCUT2D eigenvalue weighted by atomic mass is 10.3. The number of esters is 1. The maximum atomic E-state index is 11.2. The van der Waals surface area contributed by atoms with Crippen molar-refractivity contribution in [3.05, 3.63) is 0 Å². The Morgan fingerprint density at radius 3 is 2.64 bits per heavy atom. The number of carbonyl (C=O) groups is 1. The first-order chi connectivity index (χ1) is 6.77. The zero-order valence-electron chi connectivity index (χ0n) is 8.91. The Balaban J connectivity index is 2.22. The molecule has 1 N–H and O–H groups in total. The topological polar surface area (TPSA) is 47.6 Å².